The van der Waals surface area contributed by atoms with Crippen LogP contribution in [0.25, 0.3) is 0 Å². The first-order valence-electron chi connectivity index (χ1n) is 7.59. The van der Waals surface area contributed by atoms with Gasteiger partial charge in [0.05, 0.1) is 5.92 Å². The van der Waals surface area contributed by atoms with Crippen molar-refractivity contribution in [2.45, 2.75) is 44.9 Å². The minimum absolute atomic E-state index is 0.174. The molecule has 1 saturated carbocycles. The highest BCUT2D eigenvalue weighted by atomic mass is 19.1. The number of carbonyl (C=O) groups is 2. The van der Waals surface area contributed by atoms with Crippen molar-refractivity contribution in [2.24, 2.45) is 11.3 Å². The fourth-order valence-corrected chi connectivity index (χ4v) is 4.24. The number of nitrogens with one attached hydrogen (secondary N) is 1. The Balaban J connectivity index is 2.02. The third kappa shape index (κ3) is 2.59. The van der Waals surface area contributed by atoms with Crippen LogP contribution >= 0.6 is 0 Å². The standard InChI is InChI=1S/C17H20FNO2/c1-11-3-2-8-17(9-11)10-14(20)19-16(21)15(17)12-4-6-13(18)7-5-12/h4-7,11,15H,2-3,8-10H2,1H3,(H,19,20,21). The fraction of sp³-hybridized carbons (Fsp3) is 0.529. The van der Waals surface area contributed by atoms with Gasteiger partial charge in [-0.1, -0.05) is 31.9 Å². The van der Waals surface area contributed by atoms with Crippen molar-refractivity contribution in [3.05, 3.63) is 35.6 Å². The molecule has 2 amide bonds. The van der Waals surface area contributed by atoms with Gasteiger partial charge in [0, 0.05) is 6.42 Å². The summed E-state index contributed by atoms with van der Waals surface area (Å²) in [5.74, 6) is -0.546. The Morgan fingerprint density at radius 3 is 2.62 bits per heavy atom. The lowest BCUT2D eigenvalue weighted by Gasteiger charge is -2.47. The first-order chi connectivity index (χ1) is 10.00. The van der Waals surface area contributed by atoms with Gasteiger partial charge in [-0.2, -0.15) is 0 Å². The molecule has 1 aromatic rings. The molecule has 3 unspecified atom stereocenters. The smallest absolute Gasteiger partial charge is 0.234 e. The molecular weight excluding hydrogens is 269 g/mol. The lowest BCUT2D eigenvalue weighted by molar-refractivity contribution is -0.142. The van der Waals surface area contributed by atoms with Gasteiger partial charge in [-0.05, 0) is 41.9 Å². The van der Waals surface area contributed by atoms with Crippen LogP contribution < -0.4 is 5.32 Å². The van der Waals surface area contributed by atoms with Gasteiger partial charge in [0.15, 0.2) is 0 Å². The summed E-state index contributed by atoms with van der Waals surface area (Å²) in [6, 6.07) is 6.13. The van der Waals surface area contributed by atoms with Crippen molar-refractivity contribution in [3.63, 3.8) is 0 Å². The number of hydrogen-bond donors (Lipinski definition) is 1. The summed E-state index contributed by atoms with van der Waals surface area (Å²) in [4.78, 5) is 24.3. The van der Waals surface area contributed by atoms with E-state index >= 15 is 0 Å². The summed E-state index contributed by atoms with van der Waals surface area (Å²) < 4.78 is 13.2. The Hall–Kier alpha value is -1.71. The third-order valence-corrected chi connectivity index (χ3v) is 4.98. The second kappa shape index (κ2) is 5.24. The minimum atomic E-state index is -0.349. The van der Waals surface area contributed by atoms with Crippen LogP contribution in [-0.4, -0.2) is 11.8 Å². The monoisotopic (exact) mass is 289 g/mol. The van der Waals surface area contributed by atoms with Crippen molar-refractivity contribution < 1.29 is 14.0 Å². The molecule has 4 heteroatoms. The minimum Gasteiger partial charge on any atom is -0.296 e. The highest BCUT2D eigenvalue weighted by Crippen LogP contribution is 2.53. The molecule has 3 atom stereocenters. The van der Waals surface area contributed by atoms with Gasteiger partial charge >= 0.3 is 0 Å². The Labute approximate surface area is 123 Å². The van der Waals surface area contributed by atoms with Crippen molar-refractivity contribution in [1.29, 1.82) is 0 Å². The van der Waals surface area contributed by atoms with E-state index in [1.807, 2.05) is 0 Å². The maximum atomic E-state index is 13.2. The normalized spacial score (nSPS) is 33.0. The molecule has 1 aliphatic carbocycles. The zero-order chi connectivity index (χ0) is 15.0. The zero-order valence-corrected chi connectivity index (χ0v) is 12.2. The zero-order valence-electron chi connectivity index (χ0n) is 12.2. The highest BCUT2D eigenvalue weighted by molar-refractivity contribution is 6.02. The second-order valence-corrected chi connectivity index (χ2v) is 6.64. The van der Waals surface area contributed by atoms with Crippen LogP contribution in [0.1, 0.15) is 50.5 Å². The van der Waals surface area contributed by atoms with Gasteiger partial charge in [0.2, 0.25) is 11.8 Å². The summed E-state index contributed by atoms with van der Waals surface area (Å²) in [6.45, 7) is 2.18. The summed E-state index contributed by atoms with van der Waals surface area (Å²) in [5.41, 5.74) is 0.519. The molecule has 1 heterocycles. The summed E-state index contributed by atoms with van der Waals surface area (Å²) in [6.07, 6.45) is 4.35. The van der Waals surface area contributed by atoms with Crippen LogP contribution in [0.4, 0.5) is 4.39 Å². The van der Waals surface area contributed by atoms with E-state index in [4.69, 9.17) is 0 Å². The largest absolute Gasteiger partial charge is 0.296 e. The van der Waals surface area contributed by atoms with Crippen LogP contribution in [0, 0.1) is 17.2 Å². The van der Waals surface area contributed by atoms with Crippen molar-refractivity contribution in [2.75, 3.05) is 0 Å². The van der Waals surface area contributed by atoms with E-state index in [1.54, 1.807) is 12.1 Å². The van der Waals surface area contributed by atoms with Gasteiger partial charge in [-0.25, -0.2) is 4.39 Å². The quantitative estimate of drug-likeness (QED) is 0.807. The van der Waals surface area contributed by atoms with E-state index in [2.05, 4.69) is 12.2 Å². The number of carbonyl (C=O) groups excluding carboxylic acids is 2. The van der Waals surface area contributed by atoms with Gasteiger partial charge in [0.25, 0.3) is 0 Å². The summed E-state index contributed by atoms with van der Waals surface area (Å²) >= 11 is 0. The molecular formula is C17H20FNO2. The Kier molecular flexibility index (Phi) is 3.56. The second-order valence-electron chi connectivity index (χ2n) is 6.64. The number of rotatable bonds is 1. The predicted octanol–water partition coefficient (Wildman–Crippen LogP) is 3.15. The maximum Gasteiger partial charge on any atom is 0.234 e. The SMILES string of the molecule is CC1CCCC2(CC(=O)NC(=O)C2c2ccc(F)cc2)C1. The van der Waals surface area contributed by atoms with Gasteiger partial charge < -0.3 is 0 Å². The van der Waals surface area contributed by atoms with Crippen molar-refractivity contribution in [3.8, 4) is 0 Å². The molecule has 2 fully saturated rings. The molecule has 0 radical (unpaired) electrons. The number of hydrogen-bond acceptors (Lipinski definition) is 2. The molecule has 1 spiro atoms. The summed E-state index contributed by atoms with van der Waals surface area (Å²) in [5, 5.41) is 2.46. The van der Waals surface area contributed by atoms with E-state index in [0.29, 0.717) is 12.3 Å². The maximum absolute atomic E-state index is 13.2. The number of halogens is 1. The molecule has 2 aliphatic rings. The van der Waals surface area contributed by atoms with E-state index in [0.717, 1.165) is 31.2 Å². The average molecular weight is 289 g/mol. The predicted molar refractivity (Wildman–Crippen MR) is 77.0 cm³/mol. The molecule has 0 aromatic heterocycles. The van der Waals surface area contributed by atoms with E-state index in [1.165, 1.54) is 12.1 Å². The van der Waals surface area contributed by atoms with Crippen molar-refractivity contribution in [1.82, 2.24) is 5.32 Å². The Morgan fingerprint density at radius 2 is 1.95 bits per heavy atom. The number of amides is 2. The molecule has 112 valence electrons. The molecule has 1 N–H and O–H groups in total. The average Bonchev–Trinajstić information content (AvgIpc) is 2.39. The first-order valence-corrected chi connectivity index (χ1v) is 7.59. The van der Waals surface area contributed by atoms with Gasteiger partial charge in [-0.15, -0.1) is 0 Å². The topological polar surface area (TPSA) is 46.2 Å². The molecule has 0 bridgehead atoms. The van der Waals surface area contributed by atoms with Crippen molar-refractivity contribution >= 4 is 11.8 Å². The fourth-order valence-electron chi connectivity index (χ4n) is 4.24. The van der Waals surface area contributed by atoms with E-state index < -0.39 is 0 Å². The first kappa shape index (κ1) is 14.2. The van der Waals surface area contributed by atoms with Crippen LogP contribution in [0.5, 0.6) is 0 Å². The van der Waals surface area contributed by atoms with Crippen LogP contribution in [0.2, 0.25) is 0 Å². The Morgan fingerprint density at radius 1 is 1.24 bits per heavy atom. The van der Waals surface area contributed by atoms with E-state index in [9.17, 15) is 14.0 Å². The highest BCUT2D eigenvalue weighted by Gasteiger charge is 2.50. The van der Waals surface area contributed by atoms with Gasteiger partial charge in [-0.3, -0.25) is 14.9 Å². The van der Waals surface area contributed by atoms with E-state index in [-0.39, 0.29) is 29.0 Å². The molecule has 1 aromatic carbocycles. The van der Waals surface area contributed by atoms with Crippen LogP contribution in [0.3, 0.4) is 0 Å². The lowest BCUT2D eigenvalue weighted by atomic mass is 9.58. The lowest BCUT2D eigenvalue weighted by Crippen LogP contribution is -2.52. The third-order valence-electron chi connectivity index (χ3n) is 4.98. The number of imide groups is 1. The van der Waals surface area contributed by atoms with Crippen LogP contribution in [0.15, 0.2) is 24.3 Å². The molecule has 21 heavy (non-hydrogen) atoms. The molecule has 1 saturated heterocycles. The number of benzene rings is 1. The molecule has 1 aliphatic heterocycles. The number of piperidine rings is 1. The van der Waals surface area contributed by atoms with Gasteiger partial charge in [0.1, 0.15) is 5.82 Å². The molecule has 3 nitrogen and oxygen atoms in total. The molecule has 3 rings (SSSR count). The summed E-state index contributed by atoms with van der Waals surface area (Å²) in [7, 11) is 0. The Bertz CT molecular complexity index is 569. The van der Waals surface area contributed by atoms with Crippen LogP contribution in [-0.2, 0) is 9.59 Å².